The molecule has 0 bridgehead atoms. The summed E-state index contributed by atoms with van der Waals surface area (Å²) < 4.78 is 30.4. The van der Waals surface area contributed by atoms with Gasteiger partial charge in [-0.1, -0.05) is 18.2 Å². The molecule has 1 aliphatic rings. The number of amides is 1. The van der Waals surface area contributed by atoms with Crippen molar-refractivity contribution >= 4 is 40.3 Å². The van der Waals surface area contributed by atoms with E-state index >= 15 is 0 Å². The second kappa shape index (κ2) is 12.4. The number of fused-ring (bicyclic) bond motifs is 1. The van der Waals surface area contributed by atoms with Crippen LogP contribution in [0, 0.1) is 15.2 Å². The van der Waals surface area contributed by atoms with Gasteiger partial charge in [0.25, 0.3) is 5.91 Å². The van der Waals surface area contributed by atoms with Crippen LogP contribution >= 0.6 is 22.6 Å². The van der Waals surface area contributed by atoms with Gasteiger partial charge in [-0.3, -0.25) is 4.79 Å². The number of aromatic nitrogens is 2. The SMILES string of the molecule is N[C@@H](Cc1cc(F)cc(F)c1)[C@H](O)CN(Cc1cccc(I)c1)C(=O)c1ccc2c(c1)C=C(n1ccnc1)CC2. The number of hydrogen-bond donors (Lipinski definition) is 2. The quantitative estimate of drug-likeness (QED) is 0.241. The summed E-state index contributed by atoms with van der Waals surface area (Å²) in [6, 6.07) is 15.8. The minimum absolute atomic E-state index is 0.0452. The van der Waals surface area contributed by atoms with Crippen molar-refractivity contribution in [2.45, 2.75) is 38.0 Å². The van der Waals surface area contributed by atoms with Crippen LogP contribution in [0.25, 0.3) is 11.8 Å². The molecule has 1 aromatic heterocycles. The number of aliphatic hydroxyl groups is 1. The van der Waals surface area contributed by atoms with Gasteiger partial charge in [-0.15, -0.1) is 0 Å². The van der Waals surface area contributed by atoms with Gasteiger partial charge in [-0.25, -0.2) is 13.8 Å². The highest BCUT2D eigenvalue weighted by atomic mass is 127. The van der Waals surface area contributed by atoms with Crippen LogP contribution in [0.1, 0.15) is 39.0 Å². The smallest absolute Gasteiger partial charge is 0.254 e. The van der Waals surface area contributed by atoms with E-state index in [1.165, 1.54) is 12.1 Å². The first-order valence-corrected chi connectivity index (χ1v) is 14.1. The van der Waals surface area contributed by atoms with Gasteiger partial charge in [0.1, 0.15) is 11.6 Å². The van der Waals surface area contributed by atoms with Gasteiger partial charge in [0.05, 0.1) is 12.4 Å². The number of carbonyl (C=O) groups is 1. The van der Waals surface area contributed by atoms with Crippen LogP contribution in [-0.4, -0.2) is 44.2 Å². The highest BCUT2D eigenvalue weighted by Crippen LogP contribution is 2.28. The van der Waals surface area contributed by atoms with Crippen LogP contribution < -0.4 is 5.73 Å². The van der Waals surface area contributed by atoms with E-state index in [0.717, 1.165) is 44.9 Å². The number of hydrogen-bond acceptors (Lipinski definition) is 4. The monoisotopic (exact) mass is 654 g/mol. The summed E-state index contributed by atoms with van der Waals surface area (Å²) in [6.07, 6.45) is 8.13. The molecule has 3 aromatic carbocycles. The molecule has 1 heterocycles. The lowest BCUT2D eigenvalue weighted by molar-refractivity contribution is 0.0554. The maximum atomic E-state index is 13.9. The number of benzene rings is 3. The van der Waals surface area contributed by atoms with Crippen LogP contribution in [0.15, 0.2) is 79.4 Å². The van der Waals surface area contributed by atoms with Crippen molar-refractivity contribution in [3.05, 3.63) is 122 Å². The summed E-state index contributed by atoms with van der Waals surface area (Å²) in [6.45, 7) is 0.220. The maximum absolute atomic E-state index is 13.9. The van der Waals surface area contributed by atoms with E-state index in [9.17, 15) is 18.7 Å². The Morgan fingerprint density at radius 1 is 1.07 bits per heavy atom. The molecule has 6 nitrogen and oxygen atoms in total. The van der Waals surface area contributed by atoms with Gasteiger partial charge in [0.2, 0.25) is 0 Å². The Morgan fingerprint density at radius 2 is 1.88 bits per heavy atom. The molecular formula is C31H29F2IN4O2. The fourth-order valence-corrected chi connectivity index (χ4v) is 5.60. The minimum atomic E-state index is -1.12. The first-order chi connectivity index (χ1) is 19.2. The number of allylic oxidation sites excluding steroid dienone is 1. The summed E-state index contributed by atoms with van der Waals surface area (Å²) in [5, 5.41) is 11.0. The largest absolute Gasteiger partial charge is 0.390 e. The topological polar surface area (TPSA) is 84.4 Å². The maximum Gasteiger partial charge on any atom is 0.254 e. The summed E-state index contributed by atoms with van der Waals surface area (Å²) in [7, 11) is 0. The number of nitrogens with two attached hydrogens (primary N) is 1. The van der Waals surface area contributed by atoms with E-state index in [0.29, 0.717) is 11.1 Å². The molecule has 40 heavy (non-hydrogen) atoms. The van der Waals surface area contributed by atoms with Crippen LogP contribution in [0.2, 0.25) is 0 Å². The molecule has 0 aliphatic heterocycles. The van der Waals surface area contributed by atoms with Gasteiger partial charge < -0.3 is 20.3 Å². The van der Waals surface area contributed by atoms with Crippen LogP contribution in [0.5, 0.6) is 0 Å². The molecule has 1 amide bonds. The molecule has 0 radical (unpaired) electrons. The number of aliphatic hydroxyl groups excluding tert-OH is 1. The molecule has 9 heteroatoms. The van der Waals surface area contributed by atoms with Crippen molar-refractivity contribution in [3.8, 4) is 0 Å². The lowest BCUT2D eigenvalue weighted by atomic mass is 9.93. The van der Waals surface area contributed by atoms with Gasteiger partial charge in [-0.05, 0) is 107 Å². The first-order valence-electron chi connectivity index (χ1n) is 13.0. The average molecular weight is 654 g/mol. The molecule has 4 aromatic rings. The standard InChI is InChI=1S/C31H29F2IN4O2/c32-25-10-21(11-26(33)16-25)13-29(35)30(39)18-38(17-20-2-1-3-27(34)12-20)31(40)23-5-4-22-6-7-28(15-24(22)14-23)37-9-8-36-19-37/h1-5,8-12,14-16,19,29-30,39H,6-7,13,17-18,35H2/t29-,30+/m0/s1. The van der Waals surface area contributed by atoms with E-state index in [2.05, 4.69) is 33.7 Å². The van der Waals surface area contributed by atoms with Crippen LogP contribution in [0.3, 0.4) is 0 Å². The van der Waals surface area contributed by atoms with Crippen molar-refractivity contribution in [2.75, 3.05) is 6.54 Å². The number of aryl methyl sites for hydroxylation is 1. The Bertz CT molecular complexity index is 1520. The minimum Gasteiger partial charge on any atom is -0.390 e. The summed E-state index contributed by atoms with van der Waals surface area (Å²) in [4.78, 5) is 19.6. The molecule has 0 saturated carbocycles. The molecule has 5 rings (SSSR count). The highest BCUT2D eigenvalue weighted by molar-refractivity contribution is 14.1. The zero-order valence-corrected chi connectivity index (χ0v) is 23.8. The summed E-state index contributed by atoms with van der Waals surface area (Å²) in [5.74, 6) is -1.65. The lowest BCUT2D eigenvalue weighted by Crippen LogP contribution is -2.46. The summed E-state index contributed by atoms with van der Waals surface area (Å²) in [5.41, 5.74) is 11.2. The van der Waals surface area contributed by atoms with Gasteiger partial charge >= 0.3 is 0 Å². The van der Waals surface area contributed by atoms with Gasteiger partial charge in [0, 0.05) is 52.4 Å². The Hall–Kier alpha value is -3.41. The van der Waals surface area contributed by atoms with Gasteiger partial charge in [0.15, 0.2) is 0 Å². The Balaban J connectivity index is 1.39. The fraction of sp³-hybridized carbons (Fsp3) is 0.226. The van der Waals surface area contributed by atoms with Crippen molar-refractivity contribution in [1.29, 1.82) is 0 Å². The van der Waals surface area contributed by atoms with Crippen LogP contribution in [-0.2, 0) is 19.4 Å². The first kappa shape index (κ1) is 28.1. The molecule has 3 N–H and O–H groups in total. The third-order valence-corrected chi connectivity index (χ3v) is 7.72. The zero-order valence-electron chi connectivity index (χ0n) is 21.7. The Labute approximate surface area is 245 Å². The predicted octanol–water partition coefficient (Wildman–Crippen LogP) is 5.28. The number of nitrogens with zero attached hydrogens (tertiary/aromatic N) is 3. The molecule has 0 spiro atoms. The van der Waals surface area contributed by atoms with Crippen molar-refractivity contribution in [3.63, 3.8) is 0 Å². The third kappa shape index (κ3) is 6.83. The van der Waals surface area contributed by atoms with Crippen molar-refractivity contribution in [2.24, 2.45) is 5.73 Å². The molecule has 206 valence electrons. The molecule has 2 atom stereocenters. The number of halogens is 3. The molecule has 0 saturated heterocycles. The van der Waals surface area contributed by atoms with E-state index in [1.54, 1.807) is 17.4 Å². The zero-order chi connectivity index (χ0) is 28.2. The molecular weight excluding hydrogens is 625 g/mol. The van der Waals surface area contributed by atoms with Crippen LogP contribution in [0.4, 0.5) is 8.78 Å². The highest BCUT2D eigenvalue weighted by Gasteiger charge is 2.25. The number of imidazole rings is 1. The van der Waals surface area contributed by atoms with E-state index in [4.69, 9.17) is 5.73 Å². The van der Waals surface area contributed by atoms with Crippen molar-refractivity contribution < 1.29 is 18.7 Å². The van der Waals surface area contributed by atoms with Crippen molar-refractivity contribution in [1.82, 2.24) is 14.5 Å². The average Bonchev–Trinajstić information content (AvgIpc) is 3.46. The molecule has 0 unspecified atom stereocenters. The summed E-state index contributed by atoms with van der Waals surface area (Å²) >= 11 is 2.22. The Kier molecular flexibility index (Phi) is 8.72. The van der Waals surface area contributed by atoms with E-state index < -0.39 is 23.8 Å². The lowest BCUT2D eigenvalue weighted by Gasteiger charge is -2.29. The second-order valence-corrected chi connectivity index (χ2v) is 11.3. The number of carbonyl (C=O) groups excluding carboxylic acids is 1. The van der Waals surface area contributed by atoms with Gasteiger partial charge in [-0.2, -0.15) is 0 Å². The second-order valence-electron chi connectivity index (χ2n) is 10.0. The normalized spacial score (nSPS) is 14.3. The Morgan fingerprint density at radius 3 is 2.60 bits per heavy atom. The third-order valence-electron chi connectivity index (χ3n) is 7.05. The predicted molar refractivity (Wildman–Crippen MR) is 159 cm³/mol. The van der Waals surface area contributed by atoms with E-state index in [1.807, 2.05) is 53.2 Å². The fourth-order valence-electron chi connectivity index (χ4n) is 4.99. The molecule has 0 fully saturated rings. The molecule has 1 aliphatic carbocycles. The number of rotatable bonds is 9. The van der Waals surface area contributed by atoms with E-state index in [-0.39, 0.29) is 25.4 Å².